The molecule has 2 aromatic rings. The van der Waals surface area contributed by atoms with Gasteiger partial charge in [-0.3, -0.25) is 4.79 Å². The first-order valence-electron chi connectivity index (χ1n) is 4.50. The van der Waals surface area contributed by atoms with Crippen LogP contribution in [0.25, 0.3) is 0 Å². The molecular formula is C11H9ClN2O. The van der Waals surface area contributed by atoms with Gasteiger partial charge in [-0.25, -0.2) is 4.98 Å². The Kier molecular flexibility index (Phi) is 2.83. The lowest BCUT2D eigenvalue weighted by Crippen LogP contribution is -2.12. The molecule has 4 heteroatoms. The molecule has 0 bridgehead atoms. The van der Waals surface area contributed by atoms with Crippen LogP contribution in [-0.2, 0) is 0 Å². The highest BCUT2D eigenvalue weighted by Gasteiger charge is 2.17. The maximum Gasteiger partial charge on any atom is 0.200 e. The van der Waals surface area contributed by atoms with Gasteiger partial charge in [-0.2, -0.15) is 0 Å². The van der Waals surface area contributed by atoms with Crippen molar-refractivity contribution in [3.8, 4) is 0 Å². The van der Waals surface area contributed by atoms with Crippen LogP contribution in [-0.4, -0.2) is 15.3 Å². The third-order valence-electron chi connectivity index (χ3n) is 2.06. The maximum atomic E-state index is 11.9. The predicted molar refractivity (Wildman–Crippen MR) is 57.9 cm³/mol. The summed E-state index contributed by atoms with van der Waals surface area (Å²) in [6.45, 7) is 0. The second kappa shape index (κ2) is 4.28. The molecule has 1 aromatic heterocycles. The van der Waals surface area contributed by atoms with Gasteiger partial charge in [0.2, 0.25) is 5.78 Å². The molecule has 0 fully saturated rings. The van der Waals surface area contributed by atoms with Crippen LogP contribution < -0.4 is 0 Å². The number of hydrogen-bond donors (Lipinski definition) is 0. The van der Waals surface area contributed by atoms with Crippen molar-refractivity contribution < 1.29 is 4.79 Å². The van der Waals surface area contributed by atoms with Crippen LogP contribution in [0.3, 0.4) is 0 Å². The van der Waals surface area contributed by atoms with Crippen LogP contribution in [0.4, 0.5) is 0 Å². The molecule has 1 heterocycles. The molecule has 76 valence electrons. The summed E-state index contributed by atoms with van der Waals surface area (Å²) in [5, 5.41) is 0. The molecule has 2 rings (SSSR count). The standard InChI is InChI=1S/C11H9ClN2O/c12-11(14-7-6-13-8-14)10(15)9-4-2-1-3-5-9/h1-8,11H. The Morgan fingerprint density at radius 1 is 1.33 bits per heavy atom. The topological polar surface area (TPSA) is 34.9 Å². The van der Waals surface area contributed by atoms with Crippen molar-refractivity contribution in [3.05, 3.63) is 54.6 Å². The van der Waals surface area contributed by atoms with E-state index in [1.165, 1.54) is 6.33 Å². The molecule has 3 nitrogen and oxygen atoms in total. The molecule has 15 heavy (non-hydrogen) atoms. The van der Waals surface area contributed by atoms with Gasteiger partial charge >= 0.3 is 0 Å². The number of hydrogen-bond acceptors (Lipinski definition) is 2. The van der Waals surface area contributed by atoms with Crippen molar-refractivity contribution >= 4 is 17.4 Å². The maximum absolute atomic E-state index is 11.9. The molecule has 1 aromatic carbocycles. The highest BCUT2D eigenvalue weighted by molar-refractivity contribution is 6.31. The van der Waals surface area contributed by atoms with Gasteiger partial charge in [-0.1, -0.05) is 41.9 Å². The number of rotatable bonds is 3. The Balaban J connectivity index is 2.23. The van der Waals surface area contributed by atoms with E-state index < -0.39 is 5.50 Å². The summed E-state index contributed by atoms with van der Waals surface area (Å²) in [5.41, 5.74) is -0.124. The second-order valence-corrected chi connectivity index (χ2v) is 3.49. The number of benzene rings is 1. The molecule has 0 aliphatic carbocycles. The second-order valence-electron chi connectivity index (χ2n) is 3.08. The number of carbonyl (C=O) groups is 1. The van der Waals surface area contributed by atoms with Crippen LogP contribution in [0.2, 0.25) is 0 Å². The van der Waals surface area contributed by atoms with Crippen LogP contribution in [0.15, 0.2) is 49.1 Å². The van der Waals surface area contributed by atoms with Crippen LogP contribution in [0, 0.1) is 0 Å². The van der Waals surface area contributed by atoms with Crippen molar-refractivity contribution in [2.24, 2.45) is 0 Å². The predicted octanol–water partition coefficient (Wildman–Crippen LogP) is 2.50. The van der Waals surface area contributed by atoms with E-state index in [0.29, 0.717) is 5.56 Å². The average molecular weight is 221 g/mol. The molecule has 0 spiro atoms. The monoisotopic (exact) mass is 220 g/mol. The number of aromatic nitrogens is 2. The highest BCUT2D eigenvalue weighted by atomic mass is 35.5. The molecule has 0 N–H and O–H groups in total. The van der Waals surface area contributed by atoms with Crippen LogP contribution in [0.1, 0.15) is 15.9 Å². The Morgan fingerprint density at radius 3 is 2.67 bits per heavy atom. The van der Waals surface area contributed by atoms with Crippen molar-refractivity contribution in [1.82, 2.24) is 9.55 Å². The van der Waals surface area contributed by atoms with Gasteiger partial charge in [0.15, 0.2) is 5.50 Å². The summed E-state index contributed by atoms with van der Waals surface area (Å²) in [6.07, 6.45) is 4.78. The highest BCUT2D eigenvalue weighted by Crippen LogP contribution is 2.17. The third-order valence-corrected chi connectivity index (χ3v) is 2.48. The van der Waals surface area contributed by atoms with Crippen LogP contribution >= 0.6 is 11.6 Å². The summed E-state index contributed by atoms with van der Waals surface area (Å²) in [4.78, 5) is 15.7. The van der Waals surface area contributed by atoms with Gasteiger partial charge in [0.1, 0.15) is 0 Å². The normalized spacial score (nSPS) is 12.3. The van der Waals surface area contributed by atoms with Gasteiger partial charge in [0.25, 0.3) is 0 Å². The lowest BCUT2D eigenvalue weighted by atomic mass is 10.1. The van der Waals surface area contributed by atoms with E-state index in [4.69, 9.17) is 11.6 Å². The zero-order valence-electron chi connectivity index (χ0n) is 7.88. The minimum Gasteiger partial charge on any atom is -0.313 e. The molecule has 1 unspecified atom stereocenters. The molecule has 0 radical (unpaired) electrons. The lowest BCUT2D eigenvalue weighted by Gasteiger charge is -2.09. The molecule has 0 aliphatic rings. The minimum atomic E-state index is -0.727. The number of Topliss-reactive ketones (excluding diaryl/α,β-unsaturated/α-hetero) is 1. The fourth-order valence-electron chi connectivity index (χ4n) is 1.28. The van der Waals surface area contributed by atoms with E-state index in [2.05, 4.69) is 4.98 Å². The first-order chi connectivity index (χ1) is 7.29. The fourth-order valence-corrected chi connectivity index (χ4v) is 1.52. The zero-order chi connectivity index (χ0) is 10.7. The number of nitrogens with zero attached hydrogens (tertiary/aromatic N) is 2. The summed E-state index contributed by atoms with van der Waals surface area (Å²) < 4.78 is 1.57. The summed E-state index contributed by atoms with van der Waals surface area (Å²) in [5.74, 6) is -0.129. The minimum absolute atomic E-state index is 0.129. The van der Waals surface area contributed by atoms with E-state index >= 15 is 0 Å². The molecule has 1 atom stereocenters. The third kappa shape index (κ3) is 2.07. The van der Waals surface area contributed by atoms with Gasteiger partial charge in [-0.05, 0) is 0 Å². The van der Waals surface area contributed by atoms with Crippen molar-refractivity contribution in [1.29, 1.82) is 0 Å². The summed E-state index contributed by atoms with van der Waals surface area (Å²) in [7, 11) is 0. The quantitative estimate of drug-likeness (QED) is 0.589. The molecule has 0 amide bonds. The fraction of sp³-hybridized carbons (Fsp3) is 0.0909. The number of imidazole rings is 1. The largest absolute Gasteiger partial charge is 0.313 e. The van der Waals surface area contributed by atoms with E-state index in [9.17, 15) is 4.79 Å². The summed E-state index contributed by atoms with van der Waals surface area (Å²) >= 11 is 6.01. The number of carbonyl (C=O) groups excluding carboxylic acids is 1. The Morgan fingerprint density at radius 2 is 2.07 bits per heavy atom. The van der Waals surface area contributed by atoms with E-state index in [-0.39, 0.29) is 5.78 Å². The van der Waals surface area contributed by atoms with E-state index in [0.717, 1.165) is 0 Å². The lowest BCUT2D eigenvalue weighted by molar-refractivity contribution is 0.0964. The average Bonchev–Trinajstić information content (AvgIpc) is 2.82. The number of alkyl halides is 1. The smallest absolute Gasteiger partial charge is 0.200 e. The number of ketones is 1. The molecule has 0 saturated carbocycles. The van der Waals surface area contributed by atoms with Crippen LogP contribution in [0.5, 0.6) is 0 Å². The van der Waals surface area contributed by atoms with E-state index in [1.807, 2.05) is 18.2 Å². The Hall–Kier alpha value is -1.61. The van der Waals surface area contributed by atoms with E-state index in [1.54, 1.807) is 29.1 Å². The van der Waals surface area contributed by atoms with Crippen molar-refractivity contribution in [3.63, 3.8) is 0 Å². The van der Waals surface area contributed by atoms with Crippen molar-refractivity contribution in [2.45, 2.75) is 5.50 Å². The molecular weight excluding hydrogens is 212 g/mol. The Labute approximate surface area is 92.3 Å². The molecule has 0 aliphatic heterocycles. The summed E-state index contributed by atoms with van der Waals surface area (Å²) in [6, 6.07) is 8.97. The van der Waals surface area contributed by atoms with Gasteiger partial charge in [0.05, 0.1) is 6.33 Å². The first-order valence-corrected chi connectivity index (χ1v) is 4.93. The zero-order valence-corrected chi connectivity index (χ0v) is 8.63. The van der Waals surface area contributed by atoms with Gasteiger partial charge in [-0.15, -0.1) is 0 Å². The Bertz CT molecular complexity index is 439. The van der Waals surface area contributed by atoms with Gasteiger partial charge in [0, 0.05) is 18.0 Å². The first kappa shape index (κ1) is 9.93. The molecule has 0 saturated heterocycles. The number of halogens is 1. The van der Waals surface area contributed by atoms with Gasteiger partial charge < -0.3 is 4.57 Å². The van der Waals surface area contributed by atoms with Crippen molar-refractivity contribution in [2.75, 3.05) is 0 Å². The SMILES string of the molecule is O=C(c1ccccc1)C(Cl)n1ccnc1.